The van der Waals surface area contributed by atoms with E-state index in [0.29, 0.717) is 30.6 Å². The number of nitrogens with zero attached hydrogens (tertiary/aromatic N) is 1. The van der Waals surface area contributed by atoms with Crippen LogP contribution in [-0.2, 0) is 15.9 Å². The minimum Gasteiger partial charge on any atom is -0.460 e. The summed E-state index contributed by atoms with van der Waals surface area (Å²) in [5.74, 6) is 0.873. The molecule has 0 aromatic carbocycles. The Bertz CT molecular complexity index is 437. The van der Waals surface area contributed by atoms with Crippen molar-refractivity contribution in [1.29, 1.82) is 0 Å². The summed E-state index contributed by atoms with van der Waals surface area (Å²) in [6.07, 6.45) is 3.80. The van der Waals surface area contributed by atoms with Crippen molar-refractivity contribution in [3.8, 4) is 0 Å². The van der Waals surface area contributed by atoms with Crippen LogP contribution in [0.1, 0.15) is 61.2 Å². The summed E-state index contributed by atoms with van der Waals surface area (Å²) < 4.78 is 15.8. The Balaban J connectivity index is 2.08. The summed E-state index contributed by atoms with van der Waals surface area (Å²) >= 11 is 0. The lowest BCUT2D eigenvalue weighted by Gasteiger charge is -2.06. The molecule has 1 heterocycles. The SMILES string of the molecule is CCOC(=O)c1oc(CCC(C)OC)nc1C1CC1. The van der Waals surface area contributed by atoms with Gasteiger partial charge in [-0.1, -0.05) is 0 Å². The molecule has 1 saturated carbocycles. The molecule has 0 aliphatic heterocycles. The molecular formula is C14H21NO4. The Labute approximate surface area is 113 Å². The highest BCUT2D eigenvalue weighted by atomic mass is 16.5. The Kier molecular flexibility index (Phi) is 4.58. The molecule has 5 nitrogen and oxygen atoms in total. The number of hydrogen-bond donors (Lipinski definition) is 0. The van der Waals surface area contributed by atoms with Crippen LogP contribution in [0.3, 0.4) is 0 Å². The highest BCUT2D eigenvalue weighted by molar-refractivity contribution is 5.87. The van der Waals surface area contributed by atoms with Crippen LogP contribution in [0.15, 0.2) is 4.42 Å². The largest absolute Gasteiger partial charge is 0.460 e. The minimum absolute atomic E-state index is 0.155. The molecule has 1 aliphatic rings. The number of oxazole rings is 1. The highest BCUT2D eigenvalue weighted by Gasteiger charge is 2.34. The quantitative estimate of drug-likeness (QED) is 0.711. The first-order chi connectivity index (χ1) is 9.15. The Morgan fingerprint density at radius 2 is 2.26 bits per heavy atom. The molecule has 0 radical (unpaired) electrons. The number of rotatable bonds is 7. The Morgan fingerprint density at radius 1 is 1.53 bits per heavy atom. The first-order valence-electron chi connectivity index (χ1n) is 6.85. The van der Waals surface area contributed by atoms with Crippen molar-refractivity contribution in [1.82, 2.24) is 4.98 Å². The number of carbonyl (C=O) groups is 1. The lowest BCUT2D eigenvalue weighted by Crippen LogP contribution is -2.06. The van der Waals surface area contributed by atoms with Crippen LogP contribution < -0.4 is 0 Å². The van der Waals surface area contributed by atoms with Crippen molar-refractivity contribution in [3.63, 3.8) is 0 Å². The van der Waals surface area contributed by atoms with Crippen molar-refractivity contribution in [2.24, 2.45) is 0 Å². The van der Waals surface area contributed by atoms with Gasteiger partial charge in [-0.25, -0.2) is 9.78 Å². The maximum absolute atomic E-state index is 11.8. The van der Waals surface area contributed by atoms with Crippen LogP contribution in [0.5, 0.6) is 0 Å². The number of esters is 1. The molecule has 1 aliphatic carbocycles. The fourth-order valence-corrected chi connectivity index (χ4v) is 1.91. The van der Waals surface area contributed by atoms with Crippen molar-refractivity contribution in [3.05, 3.63) is 17.3 Å². The number of ether oxygens (including phenoxy) is 2. The predicted octanol–water partition coefficient (Wildman–Crippen LogP) is 2.70. The summed E-state index contributed by atoms with van der Waals surface area (Å²) in [6.45, 7) is 4.13. The van der Waals surface area contributed by atoms with E-state index in [4.69, 9.17) is 13.9 Å². The van der Waals surface area contributed by atoms with Crippen molar-refractivity contribution < 1.29 is 18.7 Å². The number of methoxy groups -OCH3 is 1. The van der Waals surface area contributed by atoms with Crippen molar-refractivity contribution >= 4 is 5.97 Å². The van der Waals surface area contributed by atoms with E-state index in [1.54, 1.807) is 14.0 Å². The van der Waals surface area contributed by atoms with Gasteiger partial charge in [0.2, 0.25) is 5.76 Å². The van der Waals surface area contributed by atoms with E-state index in [0.717, 1.165) is 25.0 Å². The van der Waals surface area contributed by atoms with Gasteiger partial charge in [-0.15, -0.1) is 0 Å². The van der Waals surface area contributed by atoms with E-state index in [2.05, 4.69) is 4.98 Å². The topological polar surface area (TPSA) is 61.6 Å². The standard InChI is InChI=1S/C14H21NO4/c1-4-18-14(16)13-12(10-6-7-10)15-11(19-13)8-5-9(2)17-3/h9-10H,4-8H2,1-3H3. The summed E-state index contributed by atoms with van der Waals surface area (Å²) in [6, 6.07) is 0. The molecule has 0 amide bonds. The second kappa shape index (κ2) is 6.19. The summed E-state index contributed by atoms with van der Waals surface area (Å²) in [5, 5.41) is 0. The number of aryl methyl sites for hydroxylation is 1. The van der Waals surface area contributed by atoms with Crippen LogP contribution >= 0.6 is 0 Å². The fraction of sp³-hybridized carbons (Fsp3) is 0.714. The molecule has 1 unspecified atom stereocenters. The molecule has 1 aromatic heterocycles. The normalized spacial score (nSPS) is 16.4. The average Bonchev–Trinajstić information content (AvgIpc) is 3.16. The number of hydrogen-bond acceptors (Lipinski definition) is 5. The summed E-state index contributed by atoms with van der Waals surface area (Å²) in [5.41, 5.74) is 0.776. The molecular weight excluding hydrogens is 246 g/mol. The van der Waals surface area contributed by atoms with E-state index in [-0.39, 0.29) is 6.10 Å². The van der Waals surface area contributed by atoms with Gasteiger partial charge in [0.1, 0.15) is 0 Å². The van der Waals surface area contributed by atoms with Gasteiger partial charge in [0, 0.05) is 19.4 Å². The monoisotopic (exact) mass is 267 g/mol. The van der Waals surface area contributed by atoms with E-state index >= 15 is 0 Å². The van der Waals surface area contributed by atoms with Gasteiger partial charge in [0.25, 0.3) is 0 Å². The fourth-order valence-electron chi connectivity index (χ4n) is 1.91. The zero-order valence-electron chi connectivity index (χ0n) is 11.8. The molecule has 0 N–H and O–H groups in total. The lowest BCUT2D eigenvalue weighted by molar-refractivity contribution is 0.0485. The van der Waals surface area contributed by atoms with E-state index in [9.17, 15) is 4.79 Å². The molecule has 2 rings (SSSR count). The maximum Gasteiger partial charge on any atom is 0.376 e. The van der Waals surface area contributed by atoms with Gasteiger partial charge in [0.15, 0.2) is 5.89 Å². The van der Waals surface area contributed by atoms with Gasteiger partial charge < -0.3 is 13.9 Å². The third kappa shape index (κ3) is 3.56. The first kappa shape index (κ1) is 14.1. The number of aromatic nitrogens is 1. The Hall–Kier alpha value is -1.36. The zero-order chi connectivity index (χ0) is 13.8. The van der Waals surface area contributed by atoms with Crippen molar-refractivity contribution in [2.75, 3.05) is 13.7 Å². The third-order valence-electron chi connectivity index (χ3n) is 3.29. The second-order valence-electron chi connectivity index (χ2n) is 4.90. The van der Waals surface area contributed by atoms with E-state index < -0.39 is 5.97 Å². The molecule has 106 valence electrons. The summed E-state index contributed by atoms with van der Waals surface area (Å²) in [7, 11) is 1.68. The number of carbonyl (C=O) groups excluding carboxylic acids is 1. The van der Waals surface area contributed by atoms with E-state index in [1.807, 2.05) is 6.92 Å². The van der Waals surface area contributed by atoms with Crippen LogP contribution in [0.25, 0.3) is 0 Å². The highest BCUT2D eigenvalue weighted by Crippen LogP contribution is 2.41. The molecule has 1 atom stereocenters. The lowest BCUT2D eigenvalue weighted by atomic mass is 10.2. The second-order valence-corrected chi connectivity index (χ2v) is 4.90. The zero-order valence-corrected chi connectivity index (χ0v) is 11.8. The molecule has 0 spiro atoms. The molecule has 5 heteroatoms. The molecule has 1 aromatic rings. The molecule has 19 heavy (non-hydrogen) atoms. The maximum atomic E-state index is 11.8. The van der Waals surface area contributed by atoms with Crippen LogP contribution in [-0.4, -0.2) is 30.8 Å². The van der Waals surface area contributed by atoms with Gasteiger partial charge in [-0.2, -0.15) is 0 Å². The Morgan fingerprint density at radius 3 is 2.84 bits per heavy atom. The average molecular weight is 267 g/mol. The van der Waals surface area contributed by atoms with Crippen LogP contribution in [0.2, 0.25) is 0 Å². The minimum atomic E-state index is -0.400. The van der Waals surface area contributed by atoms with E-state index in [1.165, 1.54) is 0 Å². The van der Waals surface area contributed by atoms with Gasteiger partial charge in [-0.05, 0) is 33.1 Å². The molecule has 1 fully saturated rings. The van der Waals surface area contributed by atoms with Gasteiger partial charge >= 0.3 is 5.97 Å². The van der Waals surface area contributed by atoms with Crippen LogP contribution in [0, 0.1) is 0 Å². The molecule has 0 saturated heterocycles. The van der Waals surface area contributed by atoms with Crippen molar-refractivity contribution in [2.45, 2.75) is 51.6 Å². The van der Waals surface area contributed by atoms with Gasteiger partial charge in [-0.3, -0.25) is 0 Å². The van der Waals surface area contributed by atoms with Crippen LogP contribution in [0.4, 0.5) is 0 Å². The molecule has 0 bridgehead atoms. The summed E-state index contributed by atoms with van der Waals surface area (Å²) in [4.78, 5) is 16.3. The van der Waals surface area contributed by atoms with Gasteiger partial charge in [0.05, 0.1) is 18.4 Å². The first-order valence-corrected chi connectivity index (χ1v) is 6.85. The smallest absolute Gasteiger partial charge is 0.376 e. The third-order valence-corrected chi connectivity index (χ3v) is 3.29. The predicted molar refractivity (Wildman–Crippen MR) is 69.2 cm³/mol.